The van der Waals surface area contributed by atoms with Gasteiger partial charge in [0.2, 0.25) is 0 Å². The van der Waals surface area contributed by atoms with Crippen LogP contribution >= 0.6 is 0 Å². The highest BCUT2D eigenvalue weighted by molar-refractivity contribution is 4.50. The van der Waals surface area contributed by atoms with Gasteiger partial charge < -0.3 is 0 Å². The standard InChI is InChI=1S/C8H17F/c1-3-5-8(2)6-4-7-9/h8H,3-7H2,1-2H3/t8-/m0/s1. The molecule has 0 rings (SSSR count). The van der Waals surface area contributed by atoms with E-state index in [4.69, 9.17) is 0 Å². The zero-order chi connectivity index (χ0) is 7.11. The van der Waals surface area contributed by atoms with Crippen LogP contribution in [-0.2, 0) is 0 Å². The van der Waals surface area contributed by atoms with Gasteiger partial charge in [0.25, 0.3) is 0 Å². The molecule has 0 nitrogen and oxygen atoms in total. The minimum Gasteiger partial charge on any atom is -0.251 e. The van der Waals surface area contributed by atoms with E-state index in [-0.39, 0.29) is 6.67 Å². The van der Waals surface area contributed by atoms with Crippen LogP contribution < -0.4 is 0 Å². The van der Waals surface area contributed by atoms with Gasteiger partial charge in [0.05, 0.1) is 6.67 Å². The predicted molar refractivity (Wildman–Crippen MR) is 39.3 cm³/mol. The predicted octanol–water partition coefficient (Wildman–Crippen LogP) is 3.17. The number of hydrogen-bond donors (Lipinski definition) is 0. The molecule has 0 bridgehead atoms. The summed E-state index contributed by atoms with van der Waals surface area (Å²) in [6.07, 6.45) is 4.29. The second kappa shape index (κ2) is 6.06. The molecule has 0 radical (unpaired) electrons. The van der Waals surface area contributed by atoms with Gasteiger partial charge in [0, 0.05) is 0 Å². The van der Waals surface area contributed by atoms with Crippen LogP contribution in [0.3, 0.4) is 0 Å². The summed E-state index contributed by atoms with van der Waals surface area (Å²) in [4.78, 5) is 0. The Morgan fingerprint density at radius 1 is 1.33 bits per heavy atom. The zero-order valence-electron chi connectivity index (χ0n) is 6.49. The van der Waals surface area contributed by atoms with Gasteiger partial charge in [-0.05, 0) is 18.8 Å². The van der Waals surface area contributed by atoms with Crippen LogP contribution in [0.4, 0.5) is 4.39 Å². The van der Waals surface area contributed by atoms with Crippen molar-refractivity contribution in [3.63, 3.8) is 0 Å². The highest BCUT2D eigenvalue weighted by Crippen LogP contribution is 2.11. The number of hydrogen-bond acceptors (Lipinski definition) is 0. The average Bonchev–Trinajstić information content (AvgIpc) is 1.85. The van der Waals surface area contributed by atoms with Gasteiger partial charge in [0.1, 0.15) is 0 Å². The van der Waals surface area contributed by atoms with Crippen molar-refractivity contribution in [1.82, 2.24) is 0 Å². The summed E-state index contributed by atoms with van der Waals surface area (Å²) in [5.74, 6) is 0.728. The van der Waals surface area contributed by atoms with Gasteiger partial charge in [0.15, 0.2) is 0 Å². The first-order valence-electron chi connectivity index (χ1n) is 3.87. The summed E-state index contributed by atoms with van der Waals surface area (Å²) in [6.45, 7) is 4.22. The SMILES string of the molecule is CCC[C@H](C)CCCF. The lowest BCUT2D eigenvalue weighted by atomic mass is 10.0. The van der Waals surface area contributed by atoms with Crippen LogP contribution in [0.2, 0.25) is 0 Å². The number of halogens is 1. The third-order valence-electron chi connectivity index (χ3n) is 1.61. The molecule has 0 aromatic heterocycles. The van der Waals surface area contributed by atoms with Gasteiger partial charge in [-0.2, -0.15) is 0 Å². The summed E-state index contributed by atoms with van der Waals surface area (Å²) in [5, 5.41) is 0. The van der Waals surface area contributed by atoms with E-state index < -0.39 is 0 Å². The van der Waals surface area contributed by atoms with Gasteiger partial charge in [-0.3, -0.25) is 4.39 Å². The van der Waals surface area contributed by atoms with Crippen molar-refractivity contribution < 1.29 is 4.39 Å². The molecule has 1 heteroatoms. The molecule has 56 valence electrons. The van der Waals surface area contributed by atoms with Crippen LogP contribution in [0.1, 0.15) is 39.5 Å². The van der Waals surface area contributed by atoms with Gasteiger partial charge in [-0.1, -0.05) is 26.7 Å². The fraction of sp³-hybridized carbons (Fsp3) is 1.00. The average molecular weight is 132 g/mol. The fourth-order valence-electron chi connectivity index (χ4n) is 1.06. The third kappa shape index (κ3) is 5.81. The Hall–Kier alpha value is -0.0700. The van der Waals surface area contributed by atoms with Crippen LogP contribution in [0.25, 0.3) is 0 Å². The van der Waals surface area contributed by atoms with E-state index in [0.29, 0.717) is 0 Å². The second-order valence-electron chi connectivity index (χ2n) is 2.73. The van der Waals surface area contributed by atoms with Gasteiger partial charge in [-0.25, -0.2) is 0 Å². The van der Waals surface area contributed by atoms with Gasteiger partial charge >= 0.3 is 0 Å². The van der Waals surface area contributed by atoms with Crippen LogP contribution in [0.5, 0.6) is 0 Å². The van der Waals surface area contributed by atoms with E-state index in [1.165, 1.54) is 12.8 Å². The number of alkyl halides is 1. The molecule has 0 spiro atoms. The van der Waals surface area contributed by atoms with Crippen LogP contribution in [-0.4, -0.2) is 6.67 Å². The Bertz CT molecular complexity index is 52.5. The first-order chi connectivity index (χ1) is 4.31. The van der Waals surface area contributed by atoms with E-state index in [1.807, 2.05) is 0 Å². The third-order valence-corrected chi connectivity index (χ3v) is 1.61. The summed E-state index contributed by atoms with van der Waals surface area (Å²) in [5.41, 5.74) is 0. The molecule has 0 amide bonds. The van der Waals surface area contributed by atoms with Crippen molar-refractivity contribution in [2.24, 2.45) is 5.92 Å². The molecule has 1 atom stereocenters. The normalized spacial score (nSPS) is 13.7. The lowest BCUT2D eigenvalue weighted by molar-refractivity contribution is 0.402. The molecule has 0 saturated heterocycles. The molecular formula is C8H17F. The molecule has 0 aliphatic heterocycles. The van der Waals surface area contributed by atoms with E-state index in [0.717, 1.165) is 18.8 Å². The largest absolute Gasteiger partial charge is 0.251 e. The maximum absolute atomic E-state index is 11.6. The molecule has 0 aromatic rings. The molecular weight excluding hydrogens is 115 g/mol. The molecule has 0 fully saturated rings. The maximum atomic E-state index is 11.6. The Labute approximate surface area is 57.5 Å². The monoisotopic (exact) mass is 132 g/mol. The fourth-order valence-corrected chi connectivity index (χ4v) is 1.06. The molecule has 0 N–H and O–H groups in total. The van der Waals surface area contributed by atoms with Crippen molar-refractivity contribution in [1.29, 1.82) is 0 Å². The topological polar surface area (TPSA) is 0 Å². The van der Waals surface area contributed by atoms with Crippen LogP contribution in [0, 0.1) is 5.92 Å². The lowest BCUT2D eigenvalue weighted by Gasteiger charge is -2.06. The van der Waals surface area contributed by atoms with Gasteiger partial charge in [-0.15, -0.1) is 0 Å². The first-order valence-corrected chi connectivity index (χ1v) is 3.87. The highest BCUT2D eigenvalue weighted by Gasteiger charge is 1.98. The summed E-state index contributed by atoms with van der Waals surface area (Å²) >= 11 is 0. The summed E-state index contributed by atoms with van der Waals surface area (Å²) < 4.78 is 11.6. The Balaban J connectivity index is 2.95. The minimum absolute atomic E-state index is 0.145. The quantitative estimate of drug-likeness (QED) is 0.539. The summed E-state index contributed by atoms with van der Waals surface area (Å²) in [7, 11) is 0. The number of rotatable bonds is 5. The van der Waals surface area contributed by atoms with E-state index >= 15 is 0 Å². The van der Waals surface area contributed by atoms with E-state index in [2.05, 4.69) is 13.8 Å². The molecule has 0 aliphatic carbocycles. The molecule has 0 unspecified atom stereocenters. The molecule has 0 aliphatic rings. The van der Waals surface area contributed by atoms with Crippen molar-refractivity contribution in [3.8, 4) is 0 Å². The van der Waals surface area contributed by atoms with Crippen molar-refractivity contribution >= 4 is 0 Å². The zero-order valence-corrected chi connectivity index (χ0v) is 6.49. The summed E-state index contributed by atoms with van der Waals surface area (Å²) in [6, 6.07) is 0. The van der Waals surface area contributed by atoms with Crippen LogP contribution in [0.15, 0.2) is 0 Å². The van der Waals surface area contributed by atoms with Crippen molar-refractivity contribution in [2.45, 2.75) is 39.5 Å². The molecule has 0 heterocycles. The first kappa shape index (κ1) is 8.93. The Morgan fingerprint density at radius 3 is 2.44 bits per heavy atom. The minimum atomic E-state index is -0.145. The molecule has 9 heavy (non-hydrogen) atoms. The Morgan fingerprint density at radius 2 is 2.00 bits per heavy atom. The lowest BCUT2D eigenvalue weighted by Crippen LogP contribution is -1.93. The van der Waals surface area contributed by atoms with E-state index in [1.54, 1.807) is 0 Å². The van der Waals surface area contributed by atoms with Crippen molar-refractivity contribution in [3.05, 3.63) is 0 Å². The highest BCUT2D eigenvalue weighted by atomic mass is 19.1. The smallest absolute Gasteiger partial charge is 0.0894 e. The molecule has 0 aromatic carbocycles. The molecule has 0 saturated carbocycles. The second-order valence-corrected chi connectivity index (χ2v) is 2.73. The maximum Gasteiger partial charge on any atom is 0.0894 e. The van der Waals surface area contributed by atoms with E-state index in [9.17, 15) is 4.39 Å². The van der Waals surface area contributed by atoms with Crippen molar-refractivity contribution in [2.75, 3.05) is 6.67 Å². The Kier molecular flexibility index (Phi) is 6.01.